The predicted octanol–water partition coefficient (Wildman–Crippen LogP) is 2.34. The number of amides is 1. The fourth-order valence-electron chi connectivity index (χ4n) is 3.78. The minimum atomic E-state index is -0.523. The van der Waals surface area contributed by atoms with Gasteiger partial charge < -0.3 is 4.90 Å². The van der Waals surface area contributed by atoms with Crippen LogP contribution >= 0.6 is 0 Å². The van der Waals surface area contributed by atoms with Gasteiger partial charge in [-0.2, -0.15) is 5.10 Å². The van der Waals surface area contributed by atoms with E-state index in [1.165, 1.54) is 27.9 Å². The molecule has 1 saturated heterocycles. The number of fused-ring (bicyclic) bond motifs is 1. The molecular formula is C22H23FN4O2. The summed E-state index contributed by atoms with van der Waals surface area (Å²) < 4.78 is 15.1. The molecule has 150 valence electrons. The van der Waals surface area contributed by atoms with E-state index in [0.29, 0.717) is 18.6 Å². The van der Waals surface area contributed by atoms with Crippen molar-refractivity contribution in [3.05, 3.63) is 75.3 Å². The first-order valence-electron chi connectivity index (χ1n) is 9.67. The Morgan fingerprint density at radius 3 is 2.55 bits per heavy atom. The minimum Gasteiger partial charge on any atom is -0.335 e. The van der Waals surface area contributed by atoms with Crippen LogP contribution < -0.4 is 5.43 Å². The van der Waals surface area contributed by atoms with Crippen LogP contribution in [0.25, 0.3) is 10.9 Å². The van der Waals surface area contributed by atoms with Crippen molar-refractivity contribution in [2.24, 2.45) is 7.05 Å². The summed E-state index contributed by atoms with van der Waals surface area (Å²) in [7, 11) is 1.65. The van der Waals surface area contributed by atoms with Crippen molar-refractivity contribution in [1.29, 1.82) is 0 Å². The van der Waals surface area contributed by atoms with Crippen LogP contribution in [0.2, 0.25) is 0 Å². The number of carbonyl (C=O) groups is 1. The van der Waals surface area contributed by atoms with Crippen molar-refractivity contribution >= 4 is 16.8 Å². The lowest BCUT2D eigenvalue weighted by Gasteiger charge is -2.34. The Balaban J connectivity index is 1.51. The van der Waals surface area contributed by atoms with E-state index in [1.807, 2.05) is 12.1 Å². The molecule has 0 atom stereocenters. The number of halogens is 1. The molecule has 3 aromatic rings. The molecule has 1 fully saturated rings. The van der Waals surface area contributed by atoms with Gasteiger partial charge in [0, 0.05) is 39.8 Å². The van der Waals surface area contributed by atoms with Crippen molar-refractivity contribution in [2.75, 3.05) is 26.2 Å². The molecule has 1 aliphatic heterocycles. The molecule has 1 aliphatic rings. The summed E-state index contributed by atoms with van der Waals surface area (Å²) in [6.45, 7) is 5.43. The zero-order chi connectivity index (χ0) is 20.5. The molecule has 0 aliphatic carbocycles. The van der Waals surface area contributed by atoms with Gasteiger partial charge in [-0.15, -0.1) is 0 Å². The lowest BCUT2D eigenvalue weighted by Crippen LogP contribution is -2.49. The molecule has 0 spiro atoms. The van der Waals surface area contributed by atoms with Crippen molar-refractivity contribution in [3.8, 4) is 0 Å². The van der Waals surface area contributed by atoms with Crippen molar-refractivity contribution < 1.29 is 9.18 Å². The van der Waals surface area contributed by atoms with Gasteiger partial charge in [-0.25, -0.2) is 4.39 Å². The Kier molecular flexibility index (Phi) is 5.15. The molecule has 2 aromatic carbocycles. The second kappa shape index (κ2) is 7.75. The zero-order valence-corrected chi connectivity index (χ0v) is 16.6. The number of aryl methyl sites for hydroxylation is 2. The van der Waals surface area contributed by atoms with Crippen LogP contribution in [0.1, 0.15) is 21.6 Å². The Morgan fingerprint density at radius 2 is 1.83 bits per heavy atom. The first kappa shape index (κ1) is 19.3. The summed E-state index contributed by atoms with van der Waals surface area (Å²) in [5, 5.41) is 4.35. The van der Waals surface area contributed by atoms with Crippen molar-refractivity contribution in [1.82, 2.24) is 19.6 Å². The second-order valence-electron chi connectivity index (χ2n) is 7.46. The highest BCUT2D eigenvalue weighted by molar-refractivity contribution is 5.95. The fourth-order valence-corrected chi connectivity index (χ4v) is 3.78. The maximum Gasteiger partial charge on any atom is 0.278 e. The van der Waals surface area contributed by atoms with E-state index in [0.717, 1.165) is 25.7 Å². The number of aromatic nitrogens is 2. The van der Waals surface area contributed by atoms with Crippen LogP contribution in [0.3, 0.4) is 0 Å². The van der Waals surface area contributed by atoms with Gasteiger partial charge in [-0.1, -0.05) is 24.3 Å². The van der Waals surface area contributed by atoms with Crippen LogP contribution in [0.15, 0.2) is 47.3 Å². The summed E-state index contributed by atoms with van der Waals surface area (Å²) in [5.41, 5.74) is 2.35. The normalized spacial score (nSPS) is 15.1. The van der Waals surface area contributed by atoms with Gasteiger partial charge in [0.25, 0.3) is 5.91 Å². The van der Waals surface area contributed by atoms with E-state index >= 15 is 0 Å². The SMILES string of the molecule is Cc1ccccc1CN1CCN(C(=O)c2nn(C)c3ccc(F)cc3c2=O)CC1. The maximum atomic E-state index is 13.6. The van der Waals surface area contributed by atoms with Gasteiger partial charge in [0.05, 0.1) is 10.9 Å². The zero-order valence-electron chi connectivity index (χ0n) is 16.6. The number of piperazine rings is 1. The standard InChI is InChI=1S/C22H23FN4O2/c1-15-5-3-4-6-16(15)14-26-9-11-27(12-10-26)22(29)20-21(28)18-13-17(23)7-8-19(18)25(2)24-20/h3-8,13H,9-12,14H2,1-2H3. The number of nitrogens with zero attached hydrogens (tertiary/aromatic N) is 4. The smallest absolute Gasteiger partial charge is 0.278 e. The summed E-state index contributed by atoms with van der Waals surface area (Å²) in [6.07, 6.45) is 0. The topological polar surface area (TPSA) is 58.4 Å². The van der Waals surface area contributed by atoms with Gasteiger partial charge in [0.15, 0.2) is 5.69 Å². The third kappa shape index (κ3) is 3.78. The molecular weight excluding hydrogens is 371 g/mol. The lowest BCUT2D eigenvalue weighted by molar-refractivity contribution is 0.0619. The highest BCUT2D eigenvalue weighted by Gasteiger charge is 2.26. The van der Waals surface area contributed by atoms with Crippen LogP contribution in [0, 0.1) is 12.7 Å². The van der Waals surface area contributed by atoms with E-state index in [-0.39, 0.29) is 11.1 Å². The molecule has 2 heterocycles. The lowest BCUT2D eigenvalue weighted by atomic mass is 10.1. The van der Waals surface area contributed by atoms with E-state index in [9.17, 15) is 14.0 Å². The van der Waals surface area contributed by atoms with E-state index in [4.69, 9.17) is 0 Å². The summed E-state index contributed by atoms with van der Waals surface area (Å²) in [6, 6.07) is 12.2. The monoisotopic (exact) mass is 394 g/mol. The fraction of sp³-hybridized carbons (Fsp3) is 0.318. The molecule has 0 N–H and O–H groups in total. The van der Waals surface area contributed by atoms with Gasteiger partial charge in [0.1, 0.15) is 5.82 Å². The first-order chi connectivity index (χ1) is 13.9. The Bertz CT molecular complexity index is 1130. The molecule has 1 amide bonds. The predicted molar refractivity (Wildman–Crippen MR) is 109 cm³/mol. The number of rotatable bonds is 3. The second-order valence-corrected chi connectivity index (χ2v) is 7.46. The average Bonchev–Trinajstić information content (AvgIpc) is 2.72. The third-order valence-corrected chi connectivity index (χ3v) is 5.53. The van der Waals surface area contributed by atoms with E-state index in [1.54, 1.807) is 11.9 Å². The van der Waals surface area contributed by atoms with Crippen molar-refractivity contribution in [3.63, 3.8) is 0 Å². The Hall–Kier alpha value is -3.06. The highest BCUT2D eigenvalue weighted by atomic mass is 19.1. The molecule has 0 saturated carbocycles. The molecule has 4 rings (SSSR count). The Morgan fingerprint density at radius 1 is 1.10 bits per heavy atom. The van der Waals surface area contributed by atoms with Crippen LogP contribution in [0.4, 0.5) is 4.39 Å². The molecule has 0 bridgehead atoms. The van der Waals surface area contributed by atoms with E-state index < -0.39 is 17.2 Å². The summed E-state index contributed by atoms with van der Waals surface area (Å²) in [4.78, 5) is 29.7. The number of benzene rings is 2. The van der Waals surface area contributed by atoms with Gasteiger partial charge in [0.2, 0.25) is 5.43 Å². The minimum absolute atomic E-state index is 0.155. The summed E-state index contributed by atoms with van der Waals surface area (Å²) >= 11 is 0. The molecule has 6 nitrogen and oxygen atoms in total. The van der Waals surface area contributed by atoms with Gasteiger partial charge in [-0.05, 0) is 36.2 Å². The van der Waals surface area contributed by atoms with E-state index in [2.05, 4.69) is 29.1 Å². The maximum absolute atomic E-state index is 13.6. The molecule has 1 aromatic heterocycles. The van der Waals surface area contributed by atoms with Crippen LogP contribution in [0.5, 0.6) is 0 Å². The van der Waals surface area contributed by atoms with Crippen LogP contribution in [-0.2, 0) is 13.6 Å². The highest BCUT2D eigenvalue weighted by Crippen LogP contribution is 2.15. The summed E-state index contributed by atoms with van der Waals surface area (Å²) in [5.74, 6) is -0.906. The average molecular weight is 394 g/mol. The van der Waals surface area contributed by atoms with Gasteiger partial charge in [-0.3, -0.25) is 19.2 Å². The molecule has 0 radical (unpaired) electrons. The van der Waals surface area contributed by atoms with Crippen LogP contribution in [-0.4, -0.2) is 51.7 Å². The number of carbonyl (C=O) groups excluding carboxylic acids is 1. The number of hydrogen-bond acceptors (Lipinski definition) is 4. The number of hydrogen-bond donors (Lipinski definition) is 0. The Labute approximate surface area is 168 Å². The van der Waals surface area contributed by atoms with Gasteiger partial charge >= 0.3 is 0 Å². The molecule has 29 heavy (non-hydrogen) atoms. The first-order valence-corrected chi connectivity index (χ1v) is 9.67. The molecule has 7 heteroatoms. The molecule has 0 unspecified atom stereocenters. The largest absolute Gasteiger partial charge is 0.335 e. The third-order valence-electron chi connectivity index (χ3n) is 5.53. The van der Waals surface area contributed by atoms with Crippen molar-refractivity contribution in [2.45, 2.75) is 13.5 Å². The quantitative estimate of drug-likeness (QED) is 0.684.